The van der Waals surface area contributed by atoms with Crippen LogP contribution < -0.4 is 0 Å². The fraction of sp³-hybridized carbons (Fsp3) is 0.455. The van der Waals surface area contributed by atoms with Crippen molar-refractivity contribution in [3.05, 3.63) is 30.1 Å². The third kappa shape index (κ3) is 5.13. The first-order chi connectivity index (χ1) is 8.42. The van der Waals surface area contributed by atoms with E-state index >= 15 is 0 Å². The molecule has 100 valence electrons. The minimum Gasteiger partial charge on any atom is -0.395 e. The molecule has 0 radical (unpaired) electrons. The van der Waals surface area contributed by atoms with Crippen molar-refractivity contribution in [2.75, 3.05) is 19.7 Å². The van der Waals surface area contributed by atoms with Crippen LogP contribution in [-0.4, -0.2) is 46.8 Å². The second kappa shape index (κ2) is 6.34. The van der Waals surface area contributed by atoms with Gasteiger partial charge in [-0.25, -0.2) is 0 Å². The molecule has 0 aliphatic rings. The summed E-state index contributed by atoms with van der Waals surface area (Å²) in [6, 6.07) is 3.21. The summed E-state index contributed by atoms with van der Waals surface area (Å²) in [5.74, 6) is -0.686. The average molecular weight is 262 g/mol. The fourth-order valence-corrected chi connectivity index (χ4v) is 1.42. The molecule has 7 heteroatoms. The van der Waals surface area contributed by atoms with Gasteiger partial charge in [0, 0.05) is 18.9 Å². The SMILES string of the molecule is O=C(Cc1cccnc1)N(CCO)CC(F)(F)F. The maximum absolute atomic E-state index is 12.2. The summed E-state index contributed by atoms with van der Waals surface area (Å²) >= 11 is 0. The van der Waals surface area contributed by atoms with Gasteiger partial charge in [0.2, 0.25) is 5.91 Å². The molecule has 1 N–H and O–H groups in total. The number of rotatable bonds is 5. The van der Waals surface area contributed by atoms with E-state index < -0.39 is 25.2 Å². The molecule has 1 heterocycles. The molecule has 1 amide bonds. The van der Waals surface area contributed by atoms with Crippen molar-refractivity contribution in [2.24, 2.45) is 0 Å². The first kappa shape index (κ1) is 14.4. The normalized spacial score (nSPS) is 11.3. The quantitative estimate of drug-likeness (QED) is 0.861. The van der Waals surface area contributed by atoms with Crippen LogP contribution in [0, 0.1) is 0 Å². The number of nitrogens with zero attached hydrogens (tertiary/aromatic N) is 2. The molecule has 0 aliphatic carbocycles. The molecule has 0 aromatic carbocycles. The van der Waals surface area contributed by atoms with Gasteiger partial charge in [0.1, 0.15) is 6.54 Å². The van der Waals surface area contributed by atoms with Gasteiger partial charge in [-0.1, -0.05) is 6.07 Å². The van der Waals surface area contributed by atoms with Crippen LogP contribution in [-0.2, 0) is 11.2 Å². The Morgan fingerprint density at radius 2 is 2.17 bits per heavy atom. The number of halogens is 3. The van der Waals surface area contributed by atoms with Gasteiger partial charge in [-0.05, 0) is 11.6 Å². The maximum Gasteiger partial charge on any atom is 0.406 e. The van der Waals surface area contributed by atoms with E-state index in [1.807, 2.05) is 0 Å². The van der Waals surface area contributed by atoms with Crippen LogP contribution in [0.3, 0.4) is 0 Å². The highest BCUT2D eigenvalue weighted by Gasteiger charge is 2.32. The largest absolute Gasteiger partial charge is 0.406 e. The molecule has 18 heavy (non-hydrogen) atoms. The van der Waals surface area contributed by atoms with Gasteiger partial charge in [0.25, 0.3) is 0 Å². The number of carbonyl (C=O) groups excluding carboxylic acids is 1. The van der Waals surface area contributed by atoms with Crippen molar-refractivity contribution < 1.29 is 23.1 Å². The van der Waals surface area contributed by atoms with Crippen molar-refractivity contribution in [1.29, 1.82) is 0 Å². The lowest BCUT2D eigenvalue weighted by Gasteiger charge is -2.23. The lowest BCUT2D eigenvalue weighted by Crippen LogP contribution is -2.41. The average Bonchev–Trinajstić information content (AvgIpc) is 2.28. The third-order valence-electron chi connectivity index (χ3n) is 2.17. The Balaban J connectivity index is 2.65. The first-order valence-corrected chi connectivity index (χ1v) is 5.26. The highest BCUT2D eigenvalue weighted by atomic mass is 19.4. The minimum absolute atomic E-state index is 0.163. The van der Waals surface area contributed by atoms with Crippen LogP contribution in [0.5, 0.6) is 0 Å². The Hall–Kier alpha value is -1.63. The van der Waals surface area contributed by atoms with Crippen LogP contribution in [0.25, 0.3) is 0 Å². The summed E-state index contributed by atoms with van der Waals surface area (Å²) in [5, 5.41) is 8.67. The Morgan fingerprint density at radius 1 is 1.44 bits per heavy atom. The molecule has 0 saturated heterocycles. The number of aromatic nitrogens is 1. The van der Waals surface area contributed by atoms with Crippen LogP contribution in [0.4, 0.5) is 13.2 Å². The first-order valence-electron chi connectivity index (χ1n) is 5.26. The second-order valence-electron chi connectivity index (χ2n) is 3.69. The summed E-state index contributed by atoms with van der Waals surface area (Å²) in [4.78, 5) is 16.0. The number of carbonyl (C=O) groups is 1. The predicted octanol–water partition coefficient (Wildman–Crippen LogP) is 1.01. The van der Waals surface area contributed by atoms with E-state index in [9.17, 15) is 18.0 Å². The molecule has 4 nitrogen and oxygen atoms in total. The number of amides is 1. The van der Waals surface area contributed by atoms with E-state index in [-0.39, 0.29) is 13.0 Å². The van der Waals surface area contributed by atoms with Gasteiger partial charge in [0.15, 0.2) is 0 Å². The highest BCUT2D eigenvalue weighted by Crippen LogP contribution is 2.17. The number of pyridine rings is 1. The van der Waals surface area contributed by atoms with Gasteiger partial charge < -0.3 is 10.0 Å². The molecule has 0 aliphatic heterocycles. The number of alkyl halides is 3. The van der Waals surface area contributed by atoms with Crippen LogP contribution in [0.1, 0.15) is 5.56 Å². The number of aliphatic hydroxyl groups excluding tert-OH is 1. The highest BCUT2D eigenvalue weighted by molar-refractivity contribution is 5.78. The van der Waals surface area contributed by atoms with Gasteiger partial charge in [0.05, 0.1) is 13.0 Å². The lowest BCUT2D eigenvalue weighted by molar-refractivity contribution is -0.161. The van der Waals surface area contributed by atoms with Gasteiger partial charge in [-0.2, -0.15) is 13.2 Å². The molecular weight excluding hydrogens is 249 g/mol. The van der Waals surface area contributed by atoms with Crippen LogP contribution in [0.15, 0.2) is 24.5 Å². The van der Waals surface area contributed by atoms with Crippen LogP contribution >= 0.6 is 0 Å². The Labute approximate surface area is 102 Å². The van der Waals surface area contributed by atoms with Crippen molar-refractivity contribution in [2.45, 2.75) is 12.6 Å². The summed E-state index contributed by atoms with van der Waals surface area (Å²) < 4.78 is 36.7. The smallest absolute Gasteiger partial charge is 0.395 e. The zero-order valence-corrected chi connectivity index (χ0v) is 9.52. The summed E-state index contributed by atoms with van der Waals surface area (Å²) in [6.45, 7) is -2.19. The monoisotopic (exact) mass is 262 g/mol. The predicted molar refractivity (Wildman–Crippen MR) is 57.7 cm³/mol. The number of hydrogen-bond donors (Lipinski definition) is 1. The summed E-state index contributed by atoms with van der Waals surface area (Å²) in [7, 11) is 0. The summed E-state index contributed by atoms with van der Waals surface area (Å²) in [5.41, 5.74) is 0.535. The third-order valence-corrected chi connectivity index (χ3v) is 2.17. The standard InChI is InChI=1S/C11H13F3N2O2/c12-11(13,14)8-16(4-5-17)10(18)6-9-2-1-3-15-7-9/h1-3,7,17H,4-6,8H2. The Bertz CT molecular complexity index is 382. The molecule has 1 rings (SSSR count). The van der Waals surface area contributed by atoms with Crippen molar-refractivity contribution in [1.82, 2.24) is 9.88 Å². The Kier molecular flexibility index (Phi) is 5.08. The second-order valence-corrected chi connectivity index (χ2v) is 3.69. The van der Waals surface area contributed by atoms with Crippen molar-refractivity contribution in [3.63, 3.8) is 0 Å². The molecule has 0 bridgehead atoms. The molecule has 0 saturated carbocycles. The topological polar surface area (TPSA) is 53.4 Å². The molecule has 0 fully saturated rings. The zero-order valence-electron chi connectivity index (χ0n) is 9.52. The van der Waals surface area contributed by atoms with E-state index in [0.717, 1.165) is 0 Å². The van der Waals surface area contributed by atoms with E-state index in [1.165, 1.54) is 12.4 Å². The van der Waals surface area contributed by atoms with E-state index in [1.54, 1.807) is 12.1 Å². The van der Waals surface area contributed by atoms with Gasteiger partial charge >= 0.3 is 6.18 Å². The van der Waals surface area contributed by atoms with Crippen molar-refractivity contribution in [3.8, 4) is 0 Å². The van der Waals surface area contributed by atoms with Gasteiger partial charge in [-0.15, -0.1) is 0 Å². The maximum atomic E-state index is 12.2. The fourth-order valence-electron chi connectivity index (χ4n) is 1.42. The van der Waals surface area contributed by atoms with E-state index in [4.69, 9.17) is 5.11 Å². The molecule has 0 atom stereocenters. The summed E-state index contributed by atoms with van der Waals surface area (Å²) in [6.07, 6.45) is -1.71. The minimum atomic E-state index is -4.47. The Morgan fingerprint density at radius 3 is 2.67 bits per heavy atom. The number of aliphatic hydroxyl groups is 1. The number of hydrogen-bond acceptors (Lipinski definition) is 3. The van der Waals surface area contributed by atoms with Gasteiger partial charge in [-0.3, -0.25) is 9.78 Å². The molecular formula is C11H13F3N2O2. The van der Waals surface area contributed by atoms with E-state index in [2.05, 4.69) is 4.98 Å². The van der Waals surface area contributed by atoms with Crippen molar-refractivity contribution >= 4 is 5.91 Å². The molecule has 1 aromatic heterocycles. The molecule has 0 unspecified atom stereocenters. The molecule has 0 spiro atoms. The van der Waals surface area contributed by atoms with E-state index in [0.29, 0.717) is 10.5 Å². The lowest BCUT2D eigenvalue weighted by atomic mass is 10.2. The molecule has 1 aromatic rings. The zero-order chi connectivity index (χ0) is 13.6. The van der Waals surface area contributed by atoms with Crippen LogP contribution in [0.2, 0.25) is 0 Å².